The van der Waals surface area contributed by atoms with Crippen LogP contribution in [0.2, 0.25) is 0 Å². The predicted molar refractivity (Wildman–Crippen MR) is 90.2 cm³/mol. The van der Waals surface area contributed by atoms with Crippen molar-refractivity contribution >= 4 is 0 Å². The Bertz CT molecular complexity index is 517. The molecule has 1 aliphatic heterocycles. The van der Waals surface area contributed by atoms with E-state index in [1.54, 1.807) is 21.0 Å². The molecule has 0 saturated carbocycles. The molecule has 0 radical (unpaired) electrons. The third-order valence-electron chi connectivity index (χ3n) is 4.11. The predicted octanol–water partition coefficient (Wildman–Crippen LogP) is 0.836. The molecule has 0 amide bonds. The first kappa shape index (κ1) is 20.1. The zero-order chi connectivity index (χ0) is 18.4. The van der Waals surface area contributed by atoms with Gasteiger partial charge in [-0.3, -0.25) is 0 Å². The van der Waals surface area contributed by atoms with E-state index in [1.807, 2.05) is 24.3 Å². The monoisotopic (exact) mass is 356 g/mol. The molecule has 0 aliphatic carbocycles. The molecule has 0 bridgehead atoms. The van der Waals surface area contributed by atoms with E-state index in [1.165, 1.54) is 0 Å². The molecule has 1 unspecified atom stereocenters. The summed E-state index contributed by atoms with van der Waals surface area (Å²) >= 11 is 0. The van der Waals surface area contributed by atoms with Gasteiger partial charge in [0.25, 0.3) is 0 Å². The second-order valence-electron chi connectivity index (χ2n) is 6.59. The minimum atomic E-state index is -0.911. The molecule has 1 aliphatic rings. The number of hydrogen-bond donors (Lipinski definition) is 3. The van der Waals surface area contributed by atoms with Gasteiger partial charge < -0.3 is 34.3 Å². The molecule has 142 valence electrons. The van der Waals surface area contributed by atoms with Gasteiger partial charge in [-0.25, -0.2) is 0 Å². The van der Waals surface area contributed by atoms with Crippen LogP contribution < -0.4 is 4.74 Å². The van der Waals surface area contributed by atoms with Gasteiger partial charge >= 0.3 is 0 Å². The number of benzene rings is 1. The highest BCUT2D eigenvalue weighted by molar-refractivity contribution is 5.26. The summed E-state index contributed by atoms with van der Waals surface area (Å²) in [6, 6.07) is 7.45. The van der Waals surface area contributed by atoms with Crippen LogP contribution >= 0.6 is 0 Å². The Labute approximate surface area is 148 Å². The lowest BCUT2D eigenvalue weighted by molar-refractivity contribution is -0.164. The standard InChI is InChI=1S/C18H28O7/c1-18(2)24-15(8-13(21)9-19)17(25-18)16(10-20)23-11-12-4-6-14(22-3)7-5-12/h4-7,13,15-17,19-21H,8-11H2,1-3H3/t13?,15-,16+,17-/m1/s1. The van der Waals surface area contributed by atoms with Crippen molar-refractivity contribution in [3.8, 4) is 5.75 Å². The molecular weight excluding hydrogens is 328 g/mol. The smallest absolute Gasteiger partial charge is 0.163 e. The average Bonchev–Trinajstić information content (AvgIpc) is 2.90. The van der Waals surface area contributed by atoms with Crippen LogP contribution in [0.3, 0.4) is 0 Å². The first-order valence-corrected chi connectivity index (χ1v) is 8.38. The maximum absolute atomic E-state index is 9.73. The number of hydrogen-bond acceptors (Lipinski definition) is 7. The van der Waals surface area contributed by atoms with Crippen molar-refractivity contribution in [2.45, 2.75) is 57.1 Å². The van der Waals surface area contributed by atoms with Gasteiger partial charge in [0, 0.05) is 6.42 Å². The molecular formula is C18H28O7. The molecule has 0 spiro atoms. The molecule has 1 saturated heterocycles. The number of aliphatic hydroxyl groups is 3. The topological polar surface area (TPSA) is 97.6 Å². The summed E-state index contributed by atoms with van der Waals surface area (Å²) < 4.78 is 22.6. The van der Waals surface area contributed by atoms with Crippen molar-refractivity contribution in [1.82, 2.24) is 0 Å². The summed E-state index contributed by atoms with van der Waals surface area (Å²) in [6.07, 6.45) is -2.34. The fourth-order valence-electron chi connectivity index (χ4n) is 2.88. The minimum absolute atomic E-state index is 0.201. The molecule has 0 aromatic heterocycles. The maximum Gasteiger partial charge on any atom is 0.163 e. The van der Waals surface area contributed by atoms with Crippen LogP contribution in [0.4, 0.5) is 0 Å². The summed E-state index contributed by atoms with van der Waals surface area (Å²) in [6.45, 7) is 3.23. The van der Waals surface area contributed by atoms with Gasteiger partial charge in [0.15, 0.2) is 5.79 Å². The first-order valence-electron chi connectivity index (χ1n) is 8.38. The van der Waals surface area contributed by atoms with Crippen molar-refractivity contribution in [1.29, 1.82) is 0 Å². The average molecular weight is 356 g/mol. The van der Waals surface area contributed by atoms with E-state index in [9.17, 15) is 10.2 Å². The number of ether oxygens (including phenoxy) is 4. The highest BCUT2D eigenvalue weighted by Gasteiger charge is 2.46. The molecule has 3 N–H and O–H groups in total. The van der Waals surface area contributed by atoms with E-state index in [0.717, 1.165) is 11.3 Å². The summed E-state index contributed by atoms with van der Waals surface area (Å²) in [7, 11) is 1.60. The third kappa shape index (κ3) is 5.64. The van der Waals surface area contributed by atoms with E-state index < -0.39 is 30.2 Å². The Balaban J connectivity index is 2.00. The Morgan fingerprint density at radius 1 is 1.12 bits per heavy atom. The van der Waals surface area contributed by atoms with E-state index >= 15 is 0 Å². The molecule has 4 atom stereocenters. The van der Waals surface area contributed by atoms with Crippen LogP contribution in [0, 0.1) is 0 Å². The van der Waals surface area contributed by atoms with Crippen molar-refractivity contribution in [2.24, 2.45) is 0 Å². The van der Waals surface area contributed by atoms with Gasteiger partial charge in [-0.05, 0) is 31.5 Å². The first-order chi connectivity index (χ1) is 11.9. The molecule has 7 nitrogen and oxygen atoms in total. The number of rotatable bonds is 9. The zero-order valence-electron chi connectivity index (χ0n) is 14.9. The summed E-state index contributed by atoms with van der Waals surface area (Å²) in [5.41, 5.74) is 0.935. The molecule has 2 rings (SSSR count). The van der Waals surface area contributed by atoms with E-state index in [0.29, 0.717) is 6.61 Å². The second-order valence-corrected chi connectivity index (χ2v) is 6.59. The van der Waals surface area contributed by atoms with Crippen molar-refractivity contribution < 1.29 is 34.3 Å². The van der Waals surface area contributed by atoms with Gasteiger partial charge in [-0.1, -0.05) is 12.1 Å². The molecule has 1 aromatic rings. The van der Waals surface area contributed by atoms with Crippen LogP contribution in [-0.2, 0) is 20.8 Å². The van der Waals surface area contributed by atoms with E-state index in [-0.39, 0.29) is 19.6 Å². The van der Waals surface area contributed by atoms with Gasteiger partial charge in [0.1, 0.15) is 18.0 Å². The summed E-state index contributed by atoms with van der Waals surface area (Å²) in [5, 5.41) is 28.5. The van der Waals surface area contributed by atoms with Crippen LogP contribution in [0.1, 0.15) is 25.8 Å². The van der Waals surface area contributed by atoms with Gasteiger partial charge in [-0.2, -0.15) is 0 Å². The van der Waals surface area contributed by atoms with Crippen LogP contribution in [0.5, 0.6) is 5.75 Å². The Kier molecular flexibility index (Phi) is 7.18. The molecule has 1 aromatic carbocycles. The SMILES string of the molecule is COc1ccc(CO[C@@H](CO)[C@@H]2OC(C)(C)O[C@@H]2CC(O)CO)cc1. The highest BCUT2D eigenvalue weighted by Crippen LogP contribution is 2.33. The van der Waals surface area contributed by atoms with Crippen LogP contribution in [-0.4, -0.2) is 65.8 Å². The normalized spacial score (nSPS) is 24.9. The minimum Gasteiger partial charge on any atom is -0.497 e. The van der Waals surface area contributed by atoms with Gasteiger partial charge in [-0.15, -0.1) is 0 Å². The Morgan fingerprint density at radius 2 is 1.80 bits per heavy atom. The van der Waals surface area contributed by atoms with Gasteiger partial charge in [0.05, 0.1) is 39.1 Å². The van der Waals surface area contributed by atoms with E-state index in [4.69, 9.17) is 24.1 Å². The van der Waals surface area contributed by atoms with Crippen molar-refractivity contribution in [2.75, 3.05) is 20.3 Å². The van der Waals surface area contributed by atoms with E-state index in [2.05, 4.69) is 0 Å². The quantitative estimate of drug-likeness (QED) is 0.603. The molecule has 1 heterocycles. The largest absolute Gasteiger partial charge is 0.497 e. The lowest BCUT2D eigenvalue weighted by Crippen LogP contribution is -2.41. The lowest BCUT2D eigenvalue weighted by Gasteiger charge is -2.26. The summed E-state index contributed by atoms with van der Waals surface area (Å²) in [4.78, 5) is 0. The maximum atomic E-state index is 9.73. The van der Waals surface area contributed by atoms with Gasteiger partial charge in [0.2, 0.25) is 0 Å². The van der Waals surface area contributed by atoms with Crippen molar-refractivity contribution in [3.63, 3.8) is 0 Å². The Morgan fingerprint density at radius 3 is 2.36 bits per heavy atom. The number of aliphatic hydroxyl groups excluding tert-OH is 3. The fraction of sp³-hybridized carbons (Fsp3) is 0.667. The van der Waals surface area contributed by atoms with Crippen LogP contribution in [0.15, 0.2) is 24.3 Å². The highest BCUT2D eigenvalue weighted by atomic mass is 16.8. The molecule has 1 fully saturated rings. The number of methoxy groups -OCH3 is 1. The van der Waals surface area contributed by atoms with Crippen molar-refractivity contribution in [3.05, 3.63) is 29.8 Å². The zero-order valence-corrected chi connectivity index (χ0v) is 14.9. The second kappa shape index (κ2) is 8.93. The Hall–Kier alpha value is -1.22. The third-order valence-corrected chi connectivity index (χ3v) is 4.11. The fourth-order valence-corrected chi connectivity index (χ4v) is 2.88. The molecule has 7 heteroatoms. The summed E-state index contributed by atoms with van der Waals surface area (Å²) in [5.74, 6) is -0.0868. The lowest BCUT2D eigenvalue weighted by atomic mass is 10.0. The molecule has 25 heavy (non-hydrogen) atoms. The van der Waals surface area contributed by atoms with Crippen LogP contribution in [0.25, 0.3) is 0 Å².